The second-order valence-electron chi connectivity index (χ2n) is 5.98. The molecule has 0 radical (unpaired) electrons. The quantitative estimate of drug-likeness (QED) is 0.852. The highest BCUT2D eigenvalue weighted by Gasteiger charge is 2.34. The SMILES string of the molecule is CCCOc1nc(Cl)nc(N2CCC[C@H]3CCCC[C@H]32)n1. The minimum Gasteiger partial charge on any atom is -0.463 e. The first-order valence-corrected chi connectivity index (χ1v) is 8.46. The Hall–Kier alpha value is -1.10. The van der Waals surface area contributed by atoms with Gasteiger partial charge in [-0.2, -0.15) is 15.0 Å². The van der Waals surface area contributed by atoms with E-state index in [0.717, 1.165) is 18.9 Å². The molecule has 2 heterocycles. The molecule has 1 aliphatic carbocycles. The van der Waals surface area contributed by atoms with Gasteiger partial charge >= 0.3 is 6.01 Å². The van der Waals surface area contributed by atoms with Gasteiger partial charge in [0.1, 0.15) is 0 Å². The summed E-state index contributed by atoms with van der Waals surface area (Å²) in [6.45, 7) is 3.67. The van der Waals surface area contributed by atoms with Crippen molar-refractivity contribution in [2.24, 2.45) is 5.92 Å². The van der Waals surface area contributed by atoms with Crippen molar-refractivity contribution in [3.05, 3.63) is 5.28 Å². The molecule has 0 spiro atoms. The molecule has 2 fully saturated rings. The zero-order chi connectivity index (χ0) is 14.7. The summed E-state index contributed by atoms with van der Waals surface area (Å²) >= 11 is 6.05. The molecule has 0 aromatic carbocycles. The van der Waals surface area contributed by atoms with E-state index < -0.39 is 0 Å². The van der Waals surface area contributed by atoms with Crippen molar-refractivity contribution in [3.8, 4) is 6.01 Å². The minimum atomic E-state index is 0.226. The number of piperidine rings is 1. The van der Waals surface area contributed by atoms with Gasteiger partial charge in [0.25, 0.3) is 0 Å². The van der Waals surface area contributed by atoms with E-state index in [1.165, 1.54) is 38.5 Å². The summed E-state index contributed by atoms with van der Waals surface area (Å²) in [5.74, 6) is 1.47. The molecule has 0 N–H and O–H groups in total. The minimum absolute atomic E-state index is 0.226. The third-order valence-corrected chi connectivity index (χ3v) is 4.68. The Balaban J connectivity index is 1.82. The maximum Gasteiger partial charge on any atom is 0.322 e. The van der Waals surface area contributed by atoms with E-state index in [1.807, 2.05) is 0 Å². The van der Waals surface area contributed by atoms with Crippen LogP contribution in [0.5, 0.6) is 6.01 Å². The van der Waals surface area contributed by atoms with Crippen LogP contribution in [0, 0.1) is 5.92 Å². The molecule has 116 valence electrons. The maximum atomic E-state index is 6.05. The molecule has 5 nitrogen and oxygen atoms in total. The highest BCUT2D eigenvalue weighted by Crippen LogP contribution is 2.37. The largest absolute Gasteiger partial charge is 0.463 e. The number of hydrogen-bond acceptors (Lipinski definition) is 5. The topological polar surface area (TPSA) is 51.1 Å². The predicted molar refractivity (Wildman–Crippen MR) is 82.9 cm³/mol. The van der Waals surface area contributed by atoms with E-state index in [9.17, 15) is 0 Å². The molecule has 1 aromatic heterocycles. The first-order chi connectivity index (χ1) is 10.3. The van der Waals surface area contributed by atoms with Gasteiger partial charge < -0.3 is 9.64 Å². The van der Waals surface area contributed by atoms with Gasteiger partial charge in [0.2, 0.25) is 11.2 Å². The Bertz CT molecular complexity index is 483. The first-order valence-electron chi connectivity index (χ1n) is 8.09. The van der Waals surface area contributed by atoms with E-state index in [1.54, 1.807) is 0 Å². The molecule has 1 saturated carbocycles. The van der Waals surface area contributed by atoms with Crippen LogP contribution in [-0.4, -0.2) is 34.1 Å². The number of rotatable bonds is 4. The van der Waals surface area contributed by atoms with Crippen LogP contribution in [0.2, 0.25) is 5.28 Å². The number of aromatic nitrogens is 3. The van der Waals surface area contributed by atoms with Crippen LogP contribution < -0.4 is 9.64 Å². The van der Waals surface area contributed by atoms with Crippen molar-refractivity contribution in [2.75, 3.05) is 18.1 Å². The van der Waals surface area contributed by atoms with Crippen LogP contribution >= 0.6 is 11.6 Å². The molecule has 21 heavy (non-hydrogen) atoms. The first kappa shape index (κ1) is 14.8. The van der Waals surface area contributed by atoms with Gasteiger partial charge in [-0.1, -0.05) is 19.8 Å². The molecule has 2 aliphatic rings. The summed E-state index contributed by atoms with van der Waals surface area (Å²) in [7, 11) is 0. The summed E-state index contributed by atoms with van der Waals surface area (Å²) in [5, 5.41) is 0.226. The van der Waals surface area contributed by atoms with E-state index in [0.29, 0.717) is 24.6 Å². The van der Waals surface area contributed by atoms with Crippen molar-refractivity contribution in [1.82, 2.24) is 15.0 Å². The van der Waals surface area contributed by atoms with Gasteiger partial charge in [-0.25, -0.2) is 0 Å². The van der Waals surface area contributed by atoms with E-state index in [-0.39, 0.29) is 5.28 Å². The molecular formula is C15H23ClN4O. The molecular weight excluding hydrogens is 288 g/mol. The highest BCUT2D eigenvalue weighted by molar-refractivity contribution is 6.28. The average molecular weight is 311 g/mol. The fraction of sp³-hybridized carbons (Fsp3) is 0.800. The van der Waals surface area contributed by atoms with E-state index in [2.05, 4.69) is 26.8 Å². The fourth-order valence-corrected chi connectivity index (χ4v) is 3.73. The lowest BCUT2D eigenvalue weighted by Gasteiger charge is -2.44. The summed E-state index contributed by atoms with van der Waals surface area (Å²) in [6.07, 6.45) is 8.69. The number of hydrogen-bond donors (Lipinski definition) is 0. The molecule has 6 heteroatoms. The van der Waals surface area contributed by atoms with Gasteiger partial charge in [0, 0.05) is 12.6 Å². The van der Waals surface area contributed by atoms with Crippen molar-refractivity contribution < 1.29 is 4.74 Å². The van der Waals surface area contributed by atoms with E-state index >= 15 is 0 Å². The lowest BCUT2D eigenvalue weighted by Crippen LogP contribution is -2.47. The number of anilines is 1. The van der Waals surface area contributed by atoms with Crippen LogP contribution in [0.4, 0.5) is 5.95 Å². The Morgan fingerprint density at radius 2 is 1.95 bits per heavy atom. The molecule has 3 rings (SSSR count). The number of nitrogens with zero attached hydrogens (tertiary/aromatic N) is 4. The number of fused-ring (bicyclic) bond motifs is 1. The van der Waals surface area contributed by atoms with Crippen LogP contribution in [0.25, 0.3) is 0 Å². The zero-order valence-corrected chi connectivity index (χ0v) is 13.3. The third kappa shape index (κ3) is 3.39. The van der Waals surface area contributed by atoms with Crippen LogP contribution in [-0.2, 0) is 0 Å². The Kier molecular flexibility index (Phi) is 4.78. The normalized spacial score (nSPS) is 25.5. The fourth-order valence-electron chi connectivity index (χ4n) is 3.58. The molecule has 0 amide bonds. The van der Waals surface area contributed by atoms with Crippen molar-refractivity contribution in [3.63, 3.8) is 0 Å². The van der Waals surface area contributed by atoms with Gasteiger partial charge in [-0.15, -0.1) is 0 Å². The van der Waals surface area contributed by atoms with Crippen LogP contribution in [0.1, 0.15) is 51.9 Å². The second-order valence-corrected chi connectivity index (χ2v) is 6.32. The smallest absolute Gasteiger partial charge is 0.322 e. The monoisotopic (exact) mass is 310 g/mol. The molecule has 1 aromatic rings. The van der Waals surface area contributed by atoms with Gasteiger partial charge in [0.05, 0.1) is 6.61 Å². The maximum absolute atomic E-state index is 6.05. The van der Waals surface area contributed by atoms with Gasteiger partial charge in [-0.05, 0) is 49.6 Å². The Labute approximate surface area is 131 Å². The number of ether oxygens (including phenoxy) is 1. The molecule has 1 saturated heterocycles. The Morgan fingerprint density at radius 1 is 1.14 bits per heavy atom. The summed E-state index contributed by atoms with van der Waals surface area (Å²) in [4.78, 5) is 15.2. The molecule has 2 atom stereocenters. The van der Waals surface area contributed by atoms with Crippen molar-refractivity contribution >= 4 is 17.5 Å². The third-order valence-electron chi connectivity index (χ3n) is 4.51. The summed E-state index contributed by atoms with van der Waals surface area (Å²) < 4.78 is 5.53. The second kappa shape index (κ2) is 6.77. The van der Waals surface area contributed by atoms with E-state index in [4.69, 9.17) is 16.3 Å². The molecule has 0 unspecified atom stereocenters. The lowest BCUT2D eigenvalue weighted by atomic mass is 9.78. The summed E-state index contributed by atoms with van der Waals surface area (Å²) in [5.41, 5.74) is 0. The predicted octanol–water partition coefficient (Wildman–Crippen LogP) is 3.47. The highest BCUT2D eigenvalue weighted by atomic mass is 35.5. The van der Waals surface area contributed by atoms with Crippen molar-refractivity contribution in [1.29, 1.82) is 0 Å². The summed E-state index contributed by atoms with van der Waals surface area (Å²) in [6, 6.07) is 0.912. The standard InChI is InChI=1S/C15H23ClN4O/c1-2-10-21-15-18-13(16)17-14(19-15)20-9-5-7-11-6-3-4-8-12(11)20/h11-12H,2-10H2,1H3/t11-,12-/m1/s1. The van der Waals surface area contributed by atoms with Crippen LogP contribution in [0.3, 0.4) is 0 Å². The number of halogens is 1. The zero-order valence-electron chi connectivity index (χ0n) is 12.6. The van der Waals surface area contributed by atoms with Gasteiger partial charge in [0.15, 0.2) is 0 Å². The lowest BCUT2D eigenvalue weighted by molar-refractivity contribution is 0.240. The van der Waals surface area contributed by atoms with Crippen molar-refractivity contribution in [2.45, 2.75) is 57.9 Å². The molecule has 0 bridgehead atoms. The Morgan fingerprint density at radius 3 is 2.81 bits per heavy atom. The van der Waals surface area contributed by atoms with Gasteiger partial charge in [-0.3, -0.25) is 0 Å². The average Bonchev–Trinajstić information content (AvgIpc) is 2.52. The van der Waals surface area contributed by atoms with Crippen LogP contribution in [0.15, 0.2) is 0 Å². The molecule has 1 aliphatic heterocycles.